The fourth-order valence-electron chi connectivity index (χ4n) is 3.47. The Hall–Kier alpha value is -2.66. The molecule has 1 fully saturated rings. The first-order valence-electron chi connectivity index (χ1n) is 9.38. The van der Waals surface area contributed by atoms with E-state index in [9.17, 15) is 4.79 Å². The molecule has 0 unspecified atom stereocenters. The first-order chi connectivity index (χ1) is 13.2. The Morgan fingerprint density at radius 1 is 1.04 bits per heavy atom. The quantitative estimate of drug-likeness (QED) is 0.665. The van der Waals surface area contributed by atoms with Crippen LogP contribution in [0.1, 0.15) is 35.3 Å². The van der Waals surface area contributed by atoms with Gasteiger partial charge < -0.3 is 10.2 Å². The highest BCUT2D eigenvalue weighted by atomic mass is 32.1. The Morgan fingerprint density at radius 2 is 1.81 bits per heavy atom. The molecule has 1 aliphatic rings. The number of hydrogen-bond donors (Lipinski definition) is 1. The fraction of sp³-hybridized carbons (Fsp3) is 0.273. The monoisotopic (exact) mass is 377 g/mol. The van der Waals surface area contributed by atoms with Gasteiger partial charge in [0.1, 0.15) is 0 Å². The van der Waals surface area contributed by atoms with E-state index in [1.54, 1.807) is 11.3 Å². The van der Waals surface area contributed by atoms with Gasteiger partial charge in [-0.3, -0.25) is 9.78 Å². The maximum Gasteiger partial charge on any atom is 0.257 e. The van der Waals surface area contributed by atoms with Crippen molar-refractivity contribution in [3.05, 3.63) is 65.2 Å². The summed E-state index contributed by atoms with van der Waals surface area (Å²) in [5, 5.41) is 5.02. The predicted molar refractivity (Wildman–Crippen MR) is 113 cm³/mol. The maximum atomic E-state index is 12.7. The molecule has 0 aliphatic carbocycles. The second-order valence-electron chi connectivity index (χ2n) is 6.86. The SMILES string of the molecule is Cc1nc(-c2cccs2)ccc1C(=O)Nc1ccc(N2CCCCC2)cc1. The molecule has 1 saturated heterocycles. The number of benzene rings is 1. The lowest BCUT2D eigenvalue weighted by Gasteiger charge is -2.28. The Kier molecular flexibility index (Phi) is 5.21. The van der Waals surface area contributed by atoms with E-state index in [0.717, 1.165) is 35.0 Å². The highest BCUT2D eigenvalue weighted by Crippen LogP contribution is 2.25. The van der Waals surface area contributed by atoms with Crippen molar-refractivity contribution >= 4 is 28.6 Å². The van der Waals surface area contributed by atoms with E-state index in [2.05, 4.69) is 27.3 Å². The number of rotatable bonds is 4. The van der Waals surface area contributed by atoms with E-state index >= 15 is 0 Å². The maximum absolute atomic E-state index is 12.7. The van der Waals surface area contributed by atoms with Crippen LogP contribution in [0, 0.1) is 6.92 Å². The van der Waals surface area contributed by atoms with Crippen LogP contribution in [0.5, 0.6) is 0 Å². The number of aromatic nitrogens is 1. The minimum atomic E-state index is -0.122. The Balaban J connectivity index is 1.45. The Morgan fingerprint density at radius 3 is 2.48 bits per heavy atom. The molecule has 0 radical (unpaired) electrons. The summed E-state index contributed by atoms with van der Waals surface area (Å²) in [7, 11) is 0. The summed E-state index contributed by atoms with van der Waals surface area (Å²) in [6.45, 7) is 4.12. The average molecular weight is 378 g/mol. The molecule has 0 spiro atoms. The molecule has 1 aliphatic heterocycles. The molecule has 1 N–H and O–H groups in total. The molecule has 1 amide bonds. The van der Waals surface area contributed by atoms with Gasteiger partial charge >= 0.3 is 0 Å². The molecule has 3 heterocycles. The summed E-state index contributed by atoms with van der Waals surface area (Å²) >= 11 is 1.65. The van der Waals surface area contributed by atoms with Crippen LogP contribution in [0.3, 0.4) is 0 Å². The van der Waals surface area contributed by atoms with E-state index in [4.69, 9.17) is 0 Å². The lowest BCUT2D eigenvalue weighted by atomic mass is 10.1. The summed E-state index contributed by atoms with van der Waals surface area (Å²) < 4.78 is 0. The molecule has 0 atom stereocenters. The van der Waals surface area contributed by atoms with Gasteiger partial charge in [-0.15, -0.1) is 11.3 Å². The largest absolute Gasteiger partial charge is 0.372 e. The normalized spacial score (nSPS) is 14.2. The minimum Gasteiger partial charge on any atom is -0.372 e. The van der Waals surface area contributed by atoms with Crippen LogP contribution in [-0.2, 0) is 0 Å². The number of hydrogen-bond acceptors (Lipinski definition) is 4. The predicted octanol–water partition coefficient (Wildman–Crippen LogP) is 5.36. The van der Waals surface area contributed by atoms with Gasteiger partial charge in [-0.25, -0.2) is 0 Å². The summed E-state index contributed by atoms with van der Waals surface area (Å²) in [5.74, 6) is -0.122. The number of thiophene rings is 1. The van der Waals surface area contributed by atoms with Crippen molar-refractivity contribution in [2.45, 2.75) is 26.2 Å². The van der Waals surface area contributed by atoms with E-state index < -0.39 is 0 Å². The third kappa shape index (κ3) is 4.03. The van der Waals surface area contributed by atoms with Crippen molar-refractivity contribution in [3.8, 4) is 10.6 Å². The number of carbonyl (C=O) groups excluding carboxylic acids is 1. The number of carbonyl (C=O) groups is 1. The lowest BCUT2D eigenvalue weighted by molar-refractivity contribution is 0.102. The van der Waals surface area contributed by atoms with Crippen molar-refractivity contribution < 1.29 is 4.79 Å². The molecule has 3 aromatic rings. The van der Waals surface area contributed by atoms with E-state index in [0.29, 0.717) is 5.56 Å². The first kappa shape index (κ1) is 17.7. The zero-order valence-electron chi connectivity index (χ0n) is 15.4. The van der Waals surface area contributed by atoms with Crippen molar-refractivity contribution in [2.75, 3.05) is 23.3 Å². The van der Waals surface area contributed by atoms with Crippen molar-refractivity contribution in [1.82, 2.24) is 4.98 Å². The zero-order valence-corrected chi connectivity index (χ0v) is 16.3. The fourth-order valence-corrected chi connectivity index (χ4v) is 4.16. The van der Waals surface area contributed by atoms with Gasteiger partial charge in [0.15, 0.2) is 0 Å². The average Bonchev–Trinajstić information content (AvgIpc) is 3.24. The van der Waals surface area contributed by atoms with Crippen molar-refractivity contribution in [1.29, 1.82) is 0 Å². The molecule has 0 saturated carbocycles. The number of anilines is 2. The van der Waals surface area contributed by atoms with Crippen molar-refractivity contribution in [2.24, 2.45) is 0 Å². The molecular weight excluding hydrogens is 354 g/mol. The van der Waals surface area contributed by atoms with Crippen LogP contribution in [0.2, 0.25) is 0 Å². The van der Waals surface area contributed by atoms with Gasteiger partial charge in [-0.2, -0.15) is 0 Å². The third-order valence-electron chi connectivity index (χ3n) is 4.95. The summed E-state index contributed by atoms with van der Waals surface area (Å²) in [6.07, 6.45) is 3.84. The second kappa shape index (κ2) is 7.92. The summed E-state index contributed by atoms with van der Waals surface area (Å²) in [4.78, 5) is 20.8. The molecule has 1 aromatic carbocycles. The first-order valence-corrected chi connectivity index (χ1v) is 10.3. The smallest absolute Gasteiger partial charge is 0.257 e. The molecule has 27 heavy (non-hydrogen) atoms. The number of amides is 1. The topological polar surface area (TPSA) is 45.2 Å². The molecule has 2 aromatic heterocycles. The van der Waals surface area contributed by atoms with Gasteiger partial charge in [-0.05, 0) is 74.0 Å². The van der Waals surface area contributed by atoms with Gasteiger partial charge in [0.2, 0.25) is 0 Å². The number of nitrogens with zero attached hydrogens (tertiary/aromatic N) is 2. The van der Waals surface area contributed by atoms with E-state index in [1.165, 1.54) is 24.9 Å². The summed E-state index contributed by atoms with van der Waals surface area (Å²) in [6, 6.07) is 15.9. The molecule has 0 bridgehead atoms. The van der Waals surface area contributed by atoms with Gasteiger partial charge in [0.05, 0.1) is 21.8 Å². The number of pyridine rings is 1. The molecular formula is C22H23N3OS. The van der Waals surface area contributed by atoms with E-state index in [-0.39, 0.29) is 5.91 Å². The van der Waals surface area contributed by atoms with Crippen LogP contribution in [0.15, 0.2) is 53.9 Å². The highest BCUT2D eigenvalue weighted by molar-refractivity contribution is 7.13. The zero-order chi connectivity index (χ0) is 18.6. The van der Waals surface area contributed by atoms with Gasteiger partial charge in [-0.1, -0.05) is 6.07 Å². The Labute approximate surface area is 163 Å². The lowest BCUT2D eigenvalue weighted by Crippen LogP contribution is -2.29. The number of piperidine rings is 1. The van der Waals surface area contributed by atoms with Crippen LogP contribution in [0.25, 0.3) is 10.6 Å². The molecule has 4 nitrogen and oxygen atoms in total. The molecule has 138 valence electrons. The van der Waals surface area contributed by atoms with E-state index in [1.807, 2.05) is 48.7 Å². The van der Waals surface area contributed by atoms with Crippen LogP contribution in [-0.4, -0.2) is 24.0 Å². The molecule has 4 rings (SSSR count). The van der Waals surface area contributed by atoms with Gasteiger partial charge in [0.25, 0.3) is 5.91 Å². The van der Waals surface area contributed by atoms with Crippen molar-refractivity contribution in [3.63, 3.8) is 0 Å². The van der Waals surface area contributed by atoms with Crippen LogP contribution < -0.4 is 10.2 Å². The highest BCUT2D eigenvalue weighted by Gasteiger charge is 2.14. The van der Waals surface area contributed by atoms with Crippen LogP contribution in [0.4, 0.5) is 11.4 Å². The Bertz CT molecular complexity index is 913. The second-order valence-corrected chi connectivity index (χ2v) is 7.80. The molecule has 5 heteroatoms. The van der Waals surface area contributed by atoms with Gasteiger partial charge in [0, 0.05) is 24.5 Å². The number of aryl methyl sites for hydroxylation is 1. The summed E-state index contributed by atoms with van der Waals surface area (Å²) in [5.41, 5.74) is 4.29. The van der Waals surface area contributed by atoms with Crippen LogP contribution >= 0.6 is 11.3 Å². The standard InChI is InChI=1S/C22H23N3OS/c1-16-19(11-12-20(23-16)21-6-5-15-27-21)22(26)24-17-7-9-18(10-8-17)25-13-3-2-4-14-25/h5-12,15H,2-4,13-14H2,1H3,(H,24,26). The minimum absolute atomic E-state index is 0.122. The third-order valence-corrected chi connectivity index (χ3v) is 5.84. The number of nitrogens with one attached hydrogen (secondary N) is 1.